The zero-order valence-corrected chi connectivity index (χ0v) is 24.4. The van der Waals surface area contributed by atoms with Gasteiger partial charge in [0, 0.05) is 50.6 Å². The Labute approximate surface area is 222 Å². The van der Waals surface area contributed by atoms with E-state index in [0.717, 1.165) is 43.3 Å². The number of amides is 1. The zero-order valence-electron chi connectivity index (χ0n) is 23.6. The van der Waals surface area contributed by atoms with E-state index in [-0.39, 0.29) is 16.7 Å². The molecule has 6 heteroatoms. The molecular weight excluding hydrogens is 464 g/mol. The van der Waals surface area contributed by atoms with Crippen LogP contribution in [0.4, 0.5) is 5.13 Å². The Morgan fingerprint density at radius 1 is 1.03 bits per heavy atom. The summed E-state index contributed by atoms with van der Waals surface area (Å²) in [6.45, 7) is 12.7. The van der Waals surface area contributed by atoms with Crippen LogP contribution in [-0.2, 0) is 15.6 Å². The lowest BCUT2D eigenvalue weighted by atomic mass is 9.63. The number of piperidine rings is 1. The third-order valence-electron chi connectivity index (χ3n) is 8.65. The number of hydrogen-bond donors (Lipinski definition) is 0. The number of unbranched alkanes of at least 4 members (excludes halogenated alkanes) is 1. The first-order chi connectivity index (χ1) is 17.0. The second-order valence-electron chi connectivity index (χ2n) is 12.5. The molecule has 5 nitrogen and oxygen atoms in total. The van der Waals surface area contributed by atoms with Crippen LogP contribution in [0.25, 0.3) is 11.3 Å². The highest BCUT2D eigenvalue weighted by atomic mass is 32.1. The quantitative estimate of drug-likeness (QED) is 0.390. The van der Waals surface area contributed by atoms with Gasteiger partial charge in [-0.2, -0.15) is 0 Å². The summed E-state index contributed by atoms with van der Waals surface area (Å²) in [5, 5.41) is 3.40. The number of rotatable bonds is 8. The van der Waals surface area contributed by atoms with E-state index in [1.54, 1.807) is 16.2 Å². The molecule has 2 aliphatic rings. The van der Waals surface area contributed by atoms with E-state index in [0.29, 0.717) is 12.5 Å². The Bertz CT molecular complexity index is 1050. The van der Waals surface area contributed by atoms with Gasteiger partial charge in [-0.3, -0.25) is 4.79 Å². The number of fused-ring (bicyclic) bond motifs is 1. The first-order valence-corrected chi connectivity index (χ1v) is 14.6. The highest BCUT2D eigenvalue weighted by Gasteiger charge is 2.37. The summed E-state index contributed by atoms with van der Waals surface area (Å²) in [5.41, 5.74) is 5.84. The Kier molecular flexibility index (Phi) is 8.16. The van der Waals surface area contributed by atoms with Gasteiger partial charge in [0.15, 0.2) is 5.13 Å². The normalized spacial score (nSPS) is 19.4. The number of benzene rings is 1. The molecule has 0 spiro atoms. The molecule has 1 aromatic heterocycles. The molecule has 1 amide bonds. The average molecular weight is 511 g/mol. The number of carbonyl (C=O) groups excluding carboxylic acids is 1. The van der Waals surface area contributed by atoms with Gasteiger partial charge >= 0.3 is 0 Å². The van der Waals surface area contributed by atoms with Gasteiger partial charge in [0.2, 0.25) is 5.91 Å². The molecule has 0 saturated carbocycles. The zero-order chi connectivity index (χ0) is 26.1. The molecule has 1 fully saturated rings. The summed E-state index contributed by atoms with van der Waals surface area (Å²) in [5.74, 6) is 0.233. The number of aromatic nitrogens is 1. The molecule has 36 heavy (non-hydrogen) atoms. The van der Waals surface area contributed by atoms with Crippen molar-refractivity contribution < 1.29 is 4.79 Å². The van der Waals surface area contributed by atoms with Crippen LogP contribution >= 0.6 is 11.3 Å². The van der Waals surface area contributed by atoms with E-state index in [1.807, 2.05) is 14.1 Å². The molecule has 1 aliphatic carbocycles. The van der Waals surface area contributed by atoms with Crippen molar-refractivity contribution in [1.29, 1.82) is 0 Å². The van der Waals surface area contributed by atoms with Gasteiger partial charge in [-0.15, -0.1) is 11.3 Å². The smallest absolute Gasteiger partial charge is 0.222 e. The van der Waals surface area contributed by atoms with Crippen LogP contribution in [0.2, 0.25) is 0 Å². The molecule has 1 aliphatic heterocycles. The number of thiazole rings is 1. The highest BCUT2D eigenvalue weighted by Crippen LogP contribution is 2.47. The largest absolute Gasteiger partial charge is 0.349 e. The highest BCUT2D eigenvalue weighted by molar-refractivity contribution is 7.14. The summed E-state index contributed by atoms with van der Waals surface area (Å²) in [6.07, 6.45) is 7.53. The lowest BCUT2D eigenvalue weighted by molar-refractivity contribution is -0.128. The molecule has 2 heterocycles. The van der Waals surface area contributed by atoms with Gasteiger partial charge in [0.05, 0.1) is 5.69 Å². The third-order valence-corrected chi connectivity index (χ3v) is 9.55. The van der Waals surface area contributed by atoms with Gasteiger partial charge in [-0.25, -0.2) is 4.98 Å². The molecule has 4 rings (SSSR count). The number of anilines is 1. The van der Waals surface area contributed by atoms with Crippen molar-refractivity contribution in [2.24, 2.45) is 0 Å². The average Bonchev–Trinajstić information content (AvgIpc) is 3.35. The van der Waals surface area contributed by atoms with Crippen molar-refractivity contribution in [3.63, 3.8) is 0 Å². The van der Waals surface area contributed by atoms with E-state index in [2.05, 4.69) is 68.1 Å². The fourth-order valence-electron chi connectivity index (χ4n) is 5.83. The first kappa shape index (κ1) is 27.1. The maximum absolute atomic E-state index is 11.8. The van der Waals surface area contributed by atoms with Crippen molar-refractivity contribution >= 4 is 22.4 Å². The molecule has 198 valence electrons. The lowest BCUT2D eigenvalue weighted by Gasteiger charge is -2.42. The predicted octanol–water partition coefficient (Wildman–Crippen LogP) is 6.32. The molecule has 0 atom stereocenters. The molecule has 1 saturated heterocycles. The fraction of sp³-hybridized carbons (Fsp3) is 0.667. The Hall–Kier alpha value is -1.92. The van der Waals surface area contributed by atoms with Gasteiger partial charge in [-0.1, -0.05) is 39.8 Å². The van der Waals surface area contributed by atoms with Crippen molar-refractivity contribution in [3.8, 4) is 11.3 Å². The van der Waals surface area contributed by atoms with Crippen LogP contribution in [0, 0.1) is 0 Å². The standard InChI is InChI=1S/C30H46N4OS/c1-29(2)15-16-30(3,4)25-20-22(11-12-24(25)29)26-21-36-28(31-26)34-18-13-23(14-19-34)33(7)17-9-8-10-27(35)32(5)6/h11-12,20-21,23H,8-10,13-19H2,1-7H3. The maximum atomic E-state index is 11.8. The van der Waals surface area contributed by atoms with Crippen LogP contribution in [0.3, 0.4) is 0 Å². The summed E-state index contributed by atoms with van der Waals surface area (Å²) < 4.78 is 0. The van der Waals surface area contributed by atoms with Crippen LogP contribution in [0.15, 0.2) is 23.6 Å². The number of carbonyl (C=O) groups is 1. The Morgan fingerprint density at radius 3 is 2.36 bits per heavy atom. The maximum Gasteiger partial charge on any atom is 0.222 e. The Morgan fingerprint density at radius 2 is 1.69 bits per heavy atom. The second-order valence-corrected chi connectivity index (χ2v) is 13.3. The Balaban J connectivity index is 1.33. The summed E-state index contributed by atoms with van der Waals surface area (Å²) in [4.78, 5) is 23.5. The molecule has 0 radical (unpaired) electrons. The van der Waals surface area contributed by atoms with Crippen LogP contribution in [0.5, 0.6) is 0 Å². The van der Waals surface area contributed by atoms with Crippen LogP contribution in [-0.4, -0.2) is 67.5 Å². The third kappa shape index (κ3) is 5.96. The van der Waals surface area contributed by atoms with E-state index >= 15 is 0 Å². The first-order valence-electron chi connectivity index (χ1n) is 13.7. The van der Waals surface area contributed by atoms with Gasteiger partial charge < -0.3 is 14.7 Å². The summed E-state index contributed by atoms with van der Waals surface area (Å²) in [6, 6.07) is 7.69. The number of nitrogens with zero attached hydrogens (tertiary/aromatic N) is 4. The van der Waals surface area contributed by atoms with Gasteiger partial charge in [0.1, 0.15) is 0 Å². The molecule has 1 aromatic carbocycles. The summed E-state index contributed by atoms with van der Waals surface area (Å²) >= 11 is 1.78. The van der Waals surface area contributed by atoms with Crippen molar-refractivity contribution in [2.45, 2.75) is 89.5 Å². The predicted molar refractivity (Wildman–Crippen MR) is 153 cm³/mol. The minimum absolute atomic E-state index is 0.218. The number of hydrogen-bond acceptors (Lipinski definition) is 5. The molecular formula is C30H46N4OS. The van der Waals surface area contributed by atoms with Gasteiger partial charge in [0.25, 0.3) is 0 Å². The minimum Gasteiger partial charge on any atom is -0.349 e. The second kappa shape index (κ2) is 10.8. The SMILES string of the molecule is CN(C)C(=O)CCCCN(C)C1CCN(c2nc(-c3ccc4c(c3)C(C)(C)CCC4(C)C)cs2)CC1. The summed E-state index contributed by atoms with van der Waals surface area (Å²) in [7, 11) is 5.91. The van der Waals surface area contributed by atoms with E-state index in [1.165, 1.54) is 42.4 Å². The van der Waals surface area contributed by atoms with Crippen molar-refractivity contribution in [2.75, 3.05) is 45.7 Å². The van der Waals surface area contributed by atoms with Gasteiger partial charge in [-0.05, 0) is 80.1 Å². The lowest BCUT2D eigenvalue weighted by Crippen LogP contribution is -2.43. The molecule has 0 bridgehead atoms. The van der Waals surface area contributed by atoms with Crippen molar-refractivity contribution in [1.82, 2.24) is 14.8 Å². The fourth-order valence-corrected chi connectivity index (χ4v) is 6.72. The topological polar surface area (TPSA) is 39.7 Å². The monoisotopic (exact) mass is 510 g/mol. The van der Waals surface area contributed by atoms with E-state index < -0.39 is 0 Å². The molecule has 0 unspecified atom stereocenters. The minimum atomic E-state index is 0.218. The van der Waals surface area contributed by atoms with Crippen LogP contribution < -0.4 is 4.90 Å². The van der Waals surface area contributed by atoms with E-state index in [9.17, 15) is 4.79 Å². The van der Waals surface area contributed by atoms with Crippen LogP contribution in [0.1, 0.15) is 83.8 Å². The molecule has 2 aromatic rings. The molecule has 0 N–H and O–H groups in total. The van der Waals surface area contributed by atoms with E-state index in [4.69, 9.17) is 4.98 Å². The van der Waals surface area contributed by atoms with Crippen molar-refractivity contribution in [3.05, 3.63) is 34.7 Å².